The van der Waals surface area contributed by atoms with Crippen molar-refractivity contribution in [2.24, 2.45) is 0 Å². The number of benzene rings is 1. The van der Waals surface area contributed by atoms with Gasteiger partial charge in [0, 0.05) is 5.75 Å². The molecule has 1 aromatic carbocycles. The molecule has 1 rings (SSSR count). The van der Waals surface area contributed by atoms with Crippen molar-refractivity contribution in [3.63, 3.8) is 0 Å². The largest absolute Gasteiger partial charge is 0.480 e. The maximum Gasteiger partial charge on any atom is 0.326 e. The molecule has 21 heavy (non-hydrogen) atoms. The van der Waals surface area contributed by atoms with Gasteiger partial charge in [0.25, 0.3) is 0 Å². The summed E-state index contributed by atoms with van der Waals surface area (Å²) < 4.78 is 0. The van der Waals surface area contributed by atoms with Crippen molar-refractivity contribution in [1.29, 1.82) is 5.26 Å². The fourth-order valence-corrected chi connectivity index (χ4v) is 2.52. The molecule has 5 nitrogen and oxygen atoms in total. The Morgan fingerprint density at radius 3 is 2.57 bits per heavy atom. The molecule has 0 bridgehead atoms. The summed E-state index contributed by atoms with van der Waals surface area (Å²) in [4.78, 5) is 22.6. The summed E-state index contributed by atoms with van der Waals surface area (Å²) in [6.07, 6.45) is 1.14. The van der Waals surface area contributed by atoms with Gasteiger partial charge < -0.3 is 10.4 Å². The van der Waals surface area contributed by atoms with E-state index in [1.54, 1.807) is 12.1 Å². The third-order valence-corrected chi connectivity index (χ3v) is 3.80. The van der Waals surface area contributed by atoms with Gasteiger partial charge in [-0.25, -0.2) is 4.79 Å². The molecule has 0 aliphatic carbocycles. The van der Waals surface area contributed by atoms with Crippen molar-refractivity contribution in [2.45, 2.75) is 31.6 Å². The third kappa shape index (κ3) is 6.32. The van der Waals surface area contributed by atoms with Crippen molar-refractivity contribution in [1.82, 2.24) is 5.32 Å². The molecule has 0 aliphatic rings. The number of nitriles is 1. The quantitative estimate of drug-likeness (QED) is 0.768. The van der Waals surface area contributed by atoms with E-state index >= 15 is 0 Å². The van der Waals surface area contributed by atoms with Crippen molar-refractivity contribution >= 4 is 23.6 Å². The fraction of sp³-hybridized carbons (Fsp3) is 0.400. The van der Waals surface area contributed by atoms with Crippen LogP contribution in [0, 0.1) is 11.3 Å². The zero-order valence-corrected chi connectivity index (χ0v) is 12.7. The second-order valence-corrected chi connectivity index (χ2v) is 5.53. The number of rotatable bonds is 8. The lowest BCUT2D eigenvalue weighted by Gasteiger charge is -2.13. The number of carboxylic acid groups (broad SMARTS) is 1. The van der Waals surface area contributed by atoms with E-state index in [1.165, 1.54) is 11.8 Å². The number of hydrogen-bond donors (Lipinski definition) is 2. The average molecular weight is 306 g/mol. The summed E-state index contributed by atoms with van der Waals surface area (Å²) in [5, 5.41) is 20.2. The summed E-state index contributed by atoms with van der Waals surface area (Å²) in [5.74, 6) is -0.408. The molecule has 0 aliphatic heterocycles. The minimum absolute atomic E-state index is 0.216. The lowest BCUT2D eigenvalue weighted by molar-refractivity contribution is -0.141. The number of carbonyl (C=O) groups is 2. The molecule has 0 saturated heterocycles. The number of nitrogens with zero attached hydrogens (tertiary/aromatic N) is 1. The van der Waals surface area contributed by atoms with Gasteiger partial charge in [0.1, 0.15) is 6.04 Å². The smallest absolute Gasteiger partial charge is 0.326 e. The first-order valence-corrected chi connectivity index (χ1v) is 7.81. The van der Waals surface area contributed by atoms with Crippen LogP contribution in [0.4, 0.5) is 0 Å². The van der Waals surface area contributed by atoms with Gasteiger partial charge >= 0.3 is 5.97 Å². The summed E-state index contributed by atoms with van der Waals surface area (Å²) >= 11 is 1.41. The zero-order valence-electron chi connectivity index (χ0n) is 11.8. The maximum absolute atomic E-state index is 11.7. The number of carboxylic acids is 1. The van der Waals surface area contributed by atoms with Crippen LogP contribution in [0.25, 0.3) is 0 Å². The van der Waals surface area contributed by atoms with Crippen LogP contribution in [-0.4, -0.2) is 28.8 Å². The van der Waals surface area contributed by atoms with Crippen molar-refractivity contribution in [3.8, 4) is 6.07 Å². The molecular formula is C15H18N2O3S. The number of nitrogens with one attached hydrogen (secondary N) is 1. The predicted octanol–water partition coefficient (Wildman–Crippen LogP) is 2.16. The molecule has 2 N–H and O–H groups in total. The van der Waals surface area contributed by atoms with Crippen molar-refractivity contribution in [3.05, 3.63) is 35.4 Å². The van der Waals surface area contributed by atoms with Crippen LogP contribution >= 0.6 is 11.8 Å². The Bertz CT molecular complexity index is 523. The van der Waals surface area contributed by atoms with Gasteiger partial charge in [-0.05, 0) is 24.1 Å². The van der Waals surface area contributed by atoms with Crippen molar-refractivity contribution in [2.75, 3.05) is 5.75 Å². The highest BCUT2D eigenvalue weighted by atomic mass is 32.2. The Morgan fingerprint density at radius 2 is 2.05 bits per heavy atom. The Labute approximate surface area is 128 Å². The molecule has 1 amide bonds. The summed E-state index contributed by atoms with van der Waals surface area (Å²) in [6.45, 7) is 1.88. The third-order valence-electron chi connectivity index (χ3n) is 2.80. The van der Waals surface area contributed by atoms with Crippen LogP contribution in [0.15, 0.2) is 24.3 Å². The normalized spacial score (nSPS) is 11.4. The topological polar surface area (TPSA) is 90.2 Å². The zero-order chi connectivity index (χ0) is 15.7. The van der Waals surface area contributed by atoms with E-state index < -0.39 is 12.0 Å². The highest BCUT2D eigenvalue weighted by Gasteiger charge is 2.18. The first kappa shape index (κ1) is 17.1. The van der Waals surface area contributed by atoms with E-state index in [2.05, 4.69) is 5.32 Å². The van der Waals surface area contributed by atoms with Crippen LogP contribution in [0.5, 0.6) is 0 Å². The summed E-state index contributed by atoms with van der Waals surface area (Å²) in [5.41, 5.74) is 1.63. The van der Waals surface area contributed by atoms with Gasteiger partial charge in [0.15, 0.2) is 0 Å². The number of hydrogen-bond acceptors (Lipinski definition) is 4. The number of thioether (sulfide) groups is 1. The molecule has 1 unspecified atom stereocenters. The SMILES string of the molecule is CCCC(NC(=O)CSCc1ccc(C#N)cc1)C(=O)O. The van der Waals surface area contributed by atoms with Gasteiger partial charge in [0.05, 0.1) is 17.4 Å². The lowest BCUT2D eigenvalue weighted by atomic mass is 10.2. The summed E-state index contributed by atoms with van der Waals surface area (Å²) in [7, 11) is 0. The molecular weight excluding hydrogens is 288 g/mol. The number of amides is 1. The Kier molecular flexibility index (Phi) is 7.33. The molecule has 0 spiro atoms. The first-order chi connectivity index (χ1) is 10.1. The molecule has 0 heterocycles. The van der Waals surface area contributed by atoms with Gasteiger partial charge in [-0.15, -0.1) is 11.8 Å². The van der Waals surface area contributed by atoms with Gasteiger partial charge in [-0.1, -0.05) is 25.5 Å². The monoisotopic (exact) mass is 306 g/mol. The van der Waals surface area contributed by atoms with E-state index in [4.69, 9.17) is 10.4 Å². The van der Waals surface area contributed by atoms with Crippen LogP contribution in [0.3, 0.4) is 0 Å². The Balaban J connectivity index is 2.35. The molecule has 112 valence electrons. The molecule has 6 heteroatoms. The van der Waals surface area contributed by atoms with Crippen LogP contribution in [-0.2, 0) is 15.3 Å². The van der Waals surface area contributed by atoms with Gasteiger partial charge in [0.2, 0.25) is 5.91 Å². The highest BCUT2D eigenvalue weighted by molar-refractivity contribution is 7.99. The number of aliphatic carboxylic acids is 1. The molecule has 0 radical (unpaired) electrons. The lowest BCUT2D eigenvalue weighted by Crippen LogP contribution is -2.41. The van der Waals surface area contributed by atoms with E-state index in [0.29, 0.717) is 24.2 Å². The van der Waals surface area contributed by atoms with Crippen molar-refractivity contribution < 1.29 is 14.7 Å². The van der Waals surface area contributed by atoms with Crippen LogP contribution in [0.1, 0.15) is 30.9 Å². The molecule has 1 atom stereocenters. The van der Waals surface area contributed by atoms with Gasteiger partial charge in [-0.2, -0.15) is 5.26 Å². The Morgan fingerprint density at radius 1 is 1.38 bits per heavy atom. The number of carbonyl (C=O) groups excluding carboxylic acids is 1. The van der Waals surface area contributed by atoms with E-state index in [1.807, 2.05) is 25.1 Å². The molecule has 0 aromatic heterocycles. The van der Waals surface area contributed by atoms with Gasteiger partial charge in [-0.3, -0.25) is 4.79 Å². The molecule has 0 saturated carbocycles. The average Bonchev–Trinajstić information content (AvgIpc) is 2.47. The van der Waals surface area contributed by atoms with E-state index in [0.717, 1.165) is 5.56 Å². The minimum Gasteiger partial charge on any atom is -0.480 e. The fourth-order valence-electron chi connectivity index (χ4n) is 1.72. The standard InChI is InChI=1S/C15H18N2O3S/c1-2-3-13(15(19)20)17-14(18)10-21-9-12-6-4-11(8-16)5-7-12/h4-7,13H,2-3,9-10H2,1H3,(H,17,18)(H,19,20). The summed E-state index contributed by atoms with van der Waals surface area (Å²) in [6, 6.07) is 8.40. The van der Waals surface area contributed by atoms with E-state index in [9.17, 15) is 9.59 Å². The first-order valence-electron chi connectivity index (χ1n) is 6.65. The van der Waals surface area contributed by atoms with Crippen LogP contribution < -0.4 is 5.32 Å². The van der Waals surface area contributed by atoms with E-state index in [-0.39, 0.29) is 11.7 Å². The predicted molar refractivity (Wildman–Crippen MR) is 81.8 cm³/mol. The second-order valence-electron chi connectivity index (χ2n) is 4.55. The Hall–Kier alpha value is -2.00. The minimum atomic E-state index is -0.998. The van der Waals surface area contributed by atoms with Crippen LogP contribution in [0.2, 0.25) is 0 Å². The highest BCUT2D eigenvalue weighted by Crippen LogP contribution is 2.13. The molecule has 1 aromatic rings. The maximum atomic E-state index is 11.7. The second kappa shape index (κ2) is 9.03. The molecule has 0 fully saturated rings.